The molecule has 2 aromatic rings. The Morgan fingerprint density at radius 3 is 2.55 bits per heavy atom. The van der Waals surface area contributed by atoms with Crippen LogP contribution in [-0.2, 0) is 36.4 Å². The maximum absolute atomic E-state index is 11.8. The fraction of sp³-hybridized carbons (Fsp3) is 0.545. The SMILES string of the molecule is CONc1nc(N)nc2c1ncn2[C@@H]1C[C@H](O)[C@@H](COP(=O)(O)OP(=O)(O)OP(=O)(O)O)O1. The van der Waals surface area contributed by atoms with E-state index in [0.29, 0.717) is 0 Å². The van der Waals surface area contributed by atoms with Crippen LogP contribution in [0.3, 0.4) is 0 Å². The average Bonchev–Trinajstić information content (AvgIpc) is 3.20. The third kappa shape index (κ3) is 6.74. The lowest BCUT2D eigenvalue weighted by molar-refractivity contribution is -0.0423. The van der Waals surface area contributed by atoms with Crippen molar-refractivity contribution in [3.8, 4) is 0 Å². The van der Waals surface area contributed by atoms with Gasteiger partial charge in [0, 0.05) is 6.42 Å². The van der Waals surface area contributed by atoms with E-state index in [2.05, 4.69) is 33.6 Å². The van der Waals surface area contributed by atoms with E-state index in [1.54, 1.807) is 0 Å². The van der Waals surface area contributed by atoms with E-state index < -0.39 is 48.5 Å². The summed E-state index contributed by atoms with van der Waals surface area (Å²) >= 11 is 0. The van der Waals surface area contributed by atoms with E-state index in [-0.39, 0.29) is 29.4 Å². The van der Waals surface area contributed by atoms with Crippen LogP contribution in [0, 0.1) is 0 Å². The van der Waals surface area contributed by atoms with Gasteiger partial charge in [0.2, 0.25) is 5.95 Å². The van der Waals surface area contributed by atoms with Crippen molar-refractivity contribution < 1.29 is 61.1 Å². The lowest BCUT2D eigenvalue weighted by Crippen LogP contribution is -2.26. The second kappa shape index (κ2) is 9.59. The number of hydrogen-bond donors (Lipinski definition) is 7. The molecule has 0 bridgehead atoms. The summed E-state index contributed by atoms with van der Waals surface area (Å²) in [6, 6.07) is 0. The molecule has 3 rings (SSSR count). The zero-order chi connectivity index (χ0) is 24.6. The Bertz CT molecular complexity index is 1150. The number of anilines is 2. The molecule has 19 nitrogen and oxygen atoms in total. The van der Waals surface area contributed by atoms with Crippen molar-refractivity contribution in [2.75, 3.05) is 24.9 Å². The molecule has 0 aliphatic carbocycles. The van der Waals surface area contributed by atoms with Gasteiger partial charge in [-0.1, -0.05) is 0 Å². The van der Waals surface area contributed by atoms with Gasteiger partial charge in [-0.05, 0) is 0 Å². The molecule has 1 saturated heterocycles. The highest BCUT2D eigenvalue weighted by atomic mass is 31.3. The smallest absolute Gasteiger partial charge is 0.390 e. The number of aromatic nitrogens is 4. The van der Waals surface area contributed by atoms with Crippen LogP contribution in [0.15, 0.2) is 6.33 Å². The standard InChI is InChI=1S/C11H19N6O13P3/c1-26-16-9-8-10(15-11(12)14-9)17(4-13-8)7-2-5(18)6(28-7)3-27-32(22,23)30-33(24,25)29-31(19,20)21/h4-7,18H,2-3H2,1H3,(H,22,23)(H,24,25)(H2,19,20,21)(H3,12,14,15,16)/t5-,6+,7-/m0/s1. The van der Waals surface area contributed by atoms with Gasteiger partial charge in [0.15, 0.2) is 17.0 Å². The Labute approximate surface area is 183 Å². The van der Waals surface area contributed by atoms with Crippen LogP contribution in [0.2, 0.25) is 0 Å². The molecule has 0 saturated carbocycles. The summed E-state index contributed by atoms with van der Waals surface area (Å²) in [5, 5.41) is 10.2. The molecule has 0 spiro atoms. The summed E-state index contributed by atoms with van der Waals surface area (Å²) in [4.78, 5) is 52.7. The Morgan fingerprint density at radius 2 is 1.91 bits per heavy atom. The van der Waals surface area contributed by atoms with Gasteiger partial charge in [-0.3, -0.25) is 13.9 Å². The summed E-state index contributed by atoms with van der Waals surface area (Å²) < 4.78 is 52.6. The molecule has 1 fully saturated rings. The number of aliphatic hydroxyl groups is 1. The first-order valence-electron chi connectivity index (χ1n) is 8.60. The summed E-state index contributed by atoms with van der Waals surface area (Å²) in [6.45, 7) is -0.818. The zero-order valence-corrected chi connectivity index (χ0v) is 19.1. The second-order valence-electron chi connectivity index (χ2n) is 6.38. The van der Waals surface area contributed by atoms with Crippen molar-refractivity contribution in [3.05, 3.63) is 6.33 Å². The average molecular weight is 536 g/mol. The normalized spacial score (nSPS) is 25.1. The molecule has 1 aliphatic rings. The minimum Gasteiger partial charge on any atom is -0.390 e. The molecular weight excluding hydrogens is 517 g/mol. The Hall–Kier alpha value is -1.56. The van der Waals surface area contributed by atoms with Crippen LogP contribution in [-0.4, -0.2) is 70.1 Å². The minimum atomic E-state index is -5.67. The summed E-state index contributed by atoms with van der Waals surface area (Å²) in [6.07, 6.45) is -2.08. The van der Waals surface area contributed by atoms with Crippen molar-refractivity contribution >= 4 is 46.4 Å². The predicted molar refractivity (Wildman–Crippen MR) is 105 cm³/mol. The number of nitrogen functional groups attached to an aromatic ring is 1. The van der Waals surface area contributed by atoms with Gasteiger partial charge < -0.3 is 35.2 Å². The molecule has 5 atom stereocenters. The van der Waals surface area contributed by atoms with E-state index in [4.69, 9.17) is 30.0 Å². The van der Waals surface area contributed by atoms with E-state index in [1.807, 2.05) is 0 Å². The fourth-order valence-electron chi connectivity index (χ4n) is 2.82. The monoisotopic (exact) mass is 536 g/mol. The first-order valence-corrected chi connectivity index (χ1v) is 13.1. The molecule has 2 unspecified atom stereocenters. The summed E-state index contributed by atoms with van der Waals surface area (Å²) in [5.41, 5.74) is 8.65. The van der Waals surface area contributed by atoms with Gasteiger partial charge >= 0.3 is 23.5 Å². The minimum absolute atomic E-state index is 0.0488. The first-order chi connectivity index (χ1) is 15.2. The van der Waals surface area contributed by atoms with Crippen LogP contribution in [0.25, 0.3) is 11.2 Å². The Kier molecular flexibility index (Phi) is 7.57. The van der Waals surface area contributed by atoms with Crippen molar-refractivity contribution in [2.45, 2.75) is 24.9 Å². The molecule has 186 valence electrons. The number of aliphatic hydroxyl groups excluding tert-OH is 1. The molecule has 22 heteroatoms. The van der Waals surface area contributed by atoms with Crippen LogP contribution in [0.5, 0.6) is 0 Å². The maximum Gasteiger partial charge on any atom is 0.490 e. The summed E-state index contributed by atoms with van der Waals surface area (Å²) in [7, 11) is -15.2. The number of ether oxygens (including phenoxy) is 1. The van der Waals surface area contributed by atoms with E-state index in [9.17, 15) is 23.7 Å². The number of nitrogens with two attached hydrogens (primary N) is 1. The third-order valence-electron chi connectivity index (χ3n) is 3.97. The predicted octanol–water partition coefficient (Wildman–Crippen LogP) is -0.627. The molecule has 1 aliphatic heterocycles. The van der Waals surface area contributed by atoms with Gasteiger partial charge in [-0.25, -0.2) is 24.2 Å². The van der Waals surface area contributed by atoms with E-state index in [0.717, 1.165) is 0 Å². The number of hydrogen-bond acceptors (Lipinski definition) is 14. The number of nitrogens with one attached hydrogen (secondary N) is 1. The van der Waals surface area contributed by atoms with Crippen LogP contribution < -0.4 is 11.2 Å². The molecule has 2 aromatic heterocycles. The van der Waals surface area contributed by atoms with Crippen molar-refractivity contribution in [1.29, 1.82) is 0 Å². The maximum atomic E-state index is 11.8. The van der Waals surface area contributed by atoms with Crippen molar-refractivity contribution in [1.82, 2.24) is 19.5 Å². The van der Waals surface area contributed by atoms with E-state index in [1.165, 1.54) is 18.0 Å². The number of fused-ring (bicyclic) bond motifs is 1. The van der Waals surface area contributed by atoms with Gasteiger partial charge in [-0.2, -0.15) is 18.6 Å². The van der Waals surface area contributed by atoms with Gasteiger partial charge in [0.05, 0.1) is 26.1 Å². The number of phosphoric ester groups is 1. The number of rotatable bonds is 10. The molecule has 0 amide bonds. The topological polar surface area (TPSA) is 280 Å². The first kappa shape index (κ1) is 26.1. The van der Waals surface area contributed by atoms with Crippen molar-refractivity contribution in [2.24, 2.45) is 0 Å². The Balaban J connectivity index is 1.69. The van der Waals surface area contributed by atoms with Crippen LogP contribution >= 0.6 is 23.5 Å². The third-order valence-corrected chi connectivity index (χ3v) is 7.77. The molecule has 33 heavy (non-hydrogen) atoms. The highest BCUT2D eigenvalue weighted by Gasteiger charge is 2.43. The van der Waals surface area contributed by atoms with Gasteiger partial charge in [0.25, 0.3) is 0 Å². The summed E-state index contributed by atoms with van der Waals surface area (Å²) in [5.74, 6) is 0.0491. The fourth-order valence-corrected chi connectivity index (χ4v) is 5.85. The van der Waals surface area contributed by atoms with Gasteiger partial charge in [-0.15, -0.1) is 0 Å². The molecule has 0 aromatic carbocycles. The highest BCUT2D eigenvalue weighted by molar-refractivity contribution is 7.66. The van der Waals surface area contributed by atoms with E-state index >= 15 is 0 Å². The van der Waals surface area contributed by atoms with Crippen LogP contribution in [0.1, 0.15) is 12.6 Å². The number of imidazole rings is 1. The highest BCUT2D eigenvalue weighted by Crippen LogP contribution is 2.66. The molecule has 0 radical (unpaired) electrons. The largest absolute Gasteiger partial charge is 0.490 e. The van der Waals surface area contributed by atoms with Gasteiger partial charge in [0.1, 0.15) is 12.3 Å². The molecule has 3 heterocycles. The molecular formula is C11H19N6O13P3. The lowest BCUT2D eigenvalue weighted by Gasteiger charge is -2.19. The zero-order valence-electron chi connectivity index (χ0n) is 16.4. The second-order valence-corrected chi connectivity index (χ2v) is 10.8. The van der Waals surface area contributed by atoms with Crippen LogP contribution in [0.4, 0.5) is 11.8 Å². The lowest BCUT2D eigenvalue weighted by atomic mass is 10.2. The van der Waals surface area contributed by atoms with Crippen molar-refractivity contribution in [3.63, 3.8) is 0 Å². The quantitative estimate of drug-likeness (QED) is 0.147. The number of nitrogens with zero attached hydrogens (tertiary/aromatic N) is 4. The molecule has 8 N–H and O–H groups in total. The Morgan fingerprint density at radius 1 is 1.21 bits per heavy atom. The number of phosphoric acid groups is 3.